The average molecular weight is 294 g/mol. The molecule has 5 heteroatoms. The topological polar surface area (TPSA) is 65.4 Å². The number of aliphatic hydroxyl groups is 1. The summed E-state index contributed by atoms with van der Waals surface area (Å²) in [7, 11) is 0. The third kappa shape index (κ3) is 3.73. The van der Waals surface area contributed by atoms with Crippen molar-refractivity contribution in [3.8, 4) is 0 Å². The lowest BCUT2D eigenvalue weighted by Gasteiger charge is -2.15. The van der Waals surface area contributed by atoms with E-state index in [1.165, 1.54) is 0 Å². The van der Waals surface area contributed by atoms with Crippen molar-refractivity contribution in [3.05, 3.63) is 17.5 Å². The molecular weight excluding hydrogens is 272 g/mol. The number of aliphatic imine (C=N–C) groups is 1. The lowest BCUT2D eigenvalue weighted by molar-refractivity contribution is 0.0997. The minimum Gasteiger partial charge on any atom is -0.396 e. The summed E-state index contributed by atoms with van der Waals surface area (Å²) < 4.78 is 0. The second-order valence-corrected chi connectivity index (χ2v) is 7.06. The minimum absolute atomic E-state index is 0.107. The number of thioether (sulfide) groups is 1. The van der Waals surface area contributed by atoms with Gasteiger partial charge >= 0.3 is 0 Å². The van der Waals surface area contributed by atoms with E-state index in [9.17, 15) is 9.90 Å². The summed E-state index contributed by atoms with van der Waals surface area (Å²) in [5.41, 5.74) is 2.52. The van der Waals surface area contributed by atoms with E-state index in [0.717, 1.165) is 29.8 Å². The van der Waals surface area contributed by atoms with E-state index in [-0.39, 0.29) is 12.4 Å². The SMILES string of the molecule is CC(C)SC[C@@H](CO)CCc1c[nH]c2c1N=CCC2=O. The van der Waals surface area contributed by atoms with Crippen molar-refractivity contribution in [1.29, 1.82) is 0 Å². The maximum atomic E-state index is 11.7. The molecule has 0 aromatic carbocycles. The molecule has 0 unspecified atom stereocenters. The van der Waals surface area contributed by atoms with E-state index in [4.69, 9.17) is 0 Å². The Morgan fingerprint density at radius 3 is 3.00 bits per heavy atom. The van der Waals surface area contributed by atoms with Crippen molar-refractivity contribution in [2.45, 2.75) is 38.4 Å². The molecule has 1 aromatic heterocycles. The van der Waals surface area contributed by atoms with Crippen molar-refractivity contribution in [1.82, 2.24) is 4.98 Å². The second-order valence-electron chi connectivity index (χ2n) is 5.45. The van der Waals surface area contributed by atoms with Crippen LogP contribution in [0.4, 0.5) is 5.69 Å². The first kappa shape index (κ1) is 15.3. The van der Waals surface area contributed by atoms with E-state index < -0.39 is 0 Å². The van der Waals surface area contributed by atoms with Crippen LogP contribution in [0.5, 0.6) is 0 Å². The number of aryl methyl sites for hydroxylation is 1. The van der Waals surface area contributed by atoms with Crippen LogP contribution >= 0.6 is 11.8 Å². The Morgan fingerprint density at radius 2 is 2.30 bits per heavy atom. The van der Waals surface area contributed by atoms with Crippen LogP contribution in [-0.4, -0.2) is 39.7 Å². The molecule has 0 aliphatic carbocycles. The Balaban J connectivity index is 1.94. The predicted molar refractivity (Wildman–Crippen MR) is 84.4 cm³/mol. The zero-order valence-corrected chi connectivity index (χ0v) is 12.9. The normalized spacial score (nSPS) is 15.7. The van der Waals surface area contributed by atoms with Gasteiger partial charge in [0.1, 0.15) is 5.69 Å². The van der Waals surface area contributed by atoms with Crippen molar-refractivity contribution < 1.29 is 9.90 Å². The van der Waals surface area contributed by atoms with E-state index in [2.05, 4.69) is 23.8 Å². The molecule has 1 atom stereocenters. The third-order valence-electron chi connectivity index (χ3n) is 3.45. The highest BCUT2D eigenvalue weighted by molar-refractivity contribution is 7.99. The van der Waals surface area contributed by atoms with Crippen LogP contribution in [-0.2, 0) is 6.42 Å². The van der Waals surface area contributed by atoms with Crippen LogP contribution in [0.3, 0.4) is 0 Å². The number of ketones is 1. The summed E-state index contributed by atoms with van der Waals surface area (Å²) in [5, 5.41) is 10.0. The van der Waals surface area contributed by atoms with Gasteiger partial charge in [-0.25, -0.2) is 0 Å². The van der Waals surface area contributed by atoms with Gasteiger partial charge in [0.05, 0.1) is 5.69 Å². The molecule has 0 bridgehead atoms. The molecule has 1 aliphatic rings. The summed E-state index contributed by atoms with van der Waals surface area (Å²) in [6.07, 6.45) is 5.72. The van der Waals surface area contributed by atoms with Crippen molar-refractivity contribution in [3.63, 3.8) is 0 Å². The van der Waals surface area contributed by atoms with Gasteiger partial charge in [-0.1, -0.05) is 13.8 Å². The van der Waals surface area contributed by atoms with Gasteiger partial charge in [0.15, 0.2) is 5.78 Å². The molecule has 2 N–H and O–H groups in total. The Labute approximate surface area is 124 Å². The monoisotopic (exact) mass is 294 g/mol. The predicted octanol–water partition coefficient (Wildman–Crippen LogP) is 2.99. The van der Waals surface area contributed by atoms with E-state index in [1.807, 2.05) is 18.0 Å². The number of fused-ring (bicyclic) bond motifs is 1. The average Bonchev–Trinajstić information content (AvgIpc) is 2.83. The highest BCUT2D eigenvalue weighted by Gasteiger charge is 2.20. The molecule has 4 nitrogen and oxygen atoms in total. The van der Waals surface area contributed by atoms with Gasteiger partial charge in [-0.2, -0.15) is 11.8 Å². The molecule has 20 heavy (non-hydrogen) atoms. The van der Waals surface area contributed by atoms with Gasteiger partial charge in [0.2, 0.25) is 0 Å². The molecule has 0 saturated carbocycles. The molecule has 0 radical (unpaired) electrons. The van der Waals surface area contributed by atoms with Gasteiger partial charge in [0, 0.05) is 25.4 Å². The number of rotatable bonds is 7. The molecule has 2 rings (SSSR count). The maximum absolute atomic E-state index is 11.7. The van der Waals surface area contributed by atoms with E-state index in [0.29, 0.717) is 23.3 Å². The summed E-state index contributed by atoms with van der Waals surface area (Å²) in [6.45, 7) is 4.55. The van der Waals surface area contributed by atoms with Gasteiger partial charge in [-0.05, 0) is 35.3 Å². The van der Waals surface area contributed by atoms with Gasteiger partial charge < -0.3 is 10.1 Å². The number of nitrogens with zero attached hydrogens (tertiary/aromatic N) is 1. The van der Waals surface area contributed by atoms with Crippen molar-refractivity contribution >= 4 is 29.4 Å². The fraction of sp³-hybridized carbons (Fsp3) is 0.600. The number of Topliss-reactive ketones (excluding diaryl/α,β-unsaturated/α-hetero) is 1. The standard InChI is InChI=1S/C15H22N2O2S/c1-10(2)20-9-11(8-18)3-4-12-7-17-15-13(19)5-6-16-14(12)15/h6-7,10-11,17-18H,3-5,8-9H2,1-2H3/t11-/m1/s1. The smallest absolute Gasteiger partial charge is 0.186 e. The minimum atomic E-state index is 0.107. The van der Waals surface area contributed by atoms with E-state index >= 15 is 0 Å². The summed E-state index contributed by atoms with van der Waals surface area (Å²) >= 11 is 1.88. The van der Waals surface area contributed by atoms with E-state index in [1.54, 1.807) is 6.21 Å². The number of carbonyl (C=O) groups excluding carboxylic acids is 1. The Kier molecular flexibility index (Phi) is 5.43. The van der Waals surface area contributed by atoms with Crippen molar-refractivity contribution in [2.75, 3.05) is 12.4 Å². The molecule has 0 saturated heterocycles. The van der Waals surface area contributed by atoms with Gasteiger partial charge in [-0.15, -0.1) is 0 Å². The number of H-pyrrole nitrogens is 1. The molecule has 0 amide bonds. The van der Waals surface area contributed by atoms with Gasteiger partial charge in [0.25, 0.3) is 0 Å². The van der Waals surface area contributed by atoms with Crippen LogP contribution < -0.4 is 0 Å². The summed E-state index contributed by atoms with van der Waals surface area (Å²) in [5.74, 6) is 1.38. The van der Waals surface area contributed by atoms with Crippen LogP contribution in [0.1, 0.15) is 42.7 Å². The third-order valence-corrected chi connectivity index (χ3v) is 4.78. The molecule has 0 spiro atoms. The molecule has 0 fully saturated rings. The number of nitrogens with one attached hydrogen (secondary N) is 1. The fourth-order valence-corrected chi connectivity index (χ4v) is 3.17. The van der Waals surface area contributed by atoms with Crippen LogP contribution in [0.15, 0.2) is 11.2 Å². The molecule has 2 heterocycles. The lowest BCUT2D eigenvalue weighted by atomic mass is 10.0. The zero-order valence-electron chi connectivity index (χ0n) is 12.1. The highest BCUT2D eigenvalue weighted by Crippen LogP contribution is 2.30. The summed E-state index contributed by atoms with van der Waals surface area (Å²) in [6, 6.07) is 0. The number of aliphatic hydroxyl groups excluding tert-OH is 1. The number of hydrogen-bond donors (Lipinski definition) is 2. The largest absolute Gasteiger partial charge is 0.396 e. The van der Waals surface area contributed by atoms with Crippen LogP contribution in [0.25, 0.3) is 0 Å². The highest BCUT2D eigenvalue weighted by atomic mass is 32.2. The fourth-order valence-electron chi connectivity index (χ4n) is 2.24. The second kappa shape index (κ2) is 7.09. The summed E-state index contributed by atoms with van der Waals surface area (Å²) in [4.78, 5) is 19.1. The first-order valence-corrected chi connectivity index (χ1v) is 8.15. The van der Waals surface area contributed by atoms with Crippen molar-refractivity contribution in [2.24, 2.45) is 10.9 Å². The Bertz CT molecular complexity index is 494. The molecule has 1 aromatic rings. The molecule has 1 aliphatic heterocycles. The first-order chi connectivity index (χ1) is 9.61. The number of aromatic amines is 1. The lowest BCUT2D eigenvalue weighted by Crippen LogP contribution is -2.12. The maximum Gasteiger partial charge on any atom is 0.186 e. The number of carbonyl (C=O) groups is 1. The number of hydrogen-bond acceptors (Lipinski definition) is 4. The number of aromatic nitrogens is 1. The molecule has 110 valence electrons. The quantitative estimate of drug-likeness (QED) is 0.812. The van der Waals surface area contributed by atoms with Crippen LogP contribution in [0, 0.1) is 5.92 Å². The Hall–Kier alpha value is -1.07. The van der Waals surface area contributed by atoms with Crippen LogP contribution in [0.2, 0.25) is 0 Å². The van der Waals surface area contributed by atoms with Gasteiger partial charge in [-0.3, -0.25) is 9.79 Å². The Morgan fingerprint density at radius 1 is 1.50 bits per heavy atom. The zero-order chi connectivity index (χ0) is 14.5. The first-order valence-electron chi connectivity index (χ1n) is 7.10. The molecular formula is C15H22N2O2S.